The molecule has 1 saturated carbocycles. The lowest BCUT2D eigenvalue weighted by molar-refractivity contribution is -0.126. The molecule has 1 heteroatoms. The number of Topliss-reactive ketones (excluding diaryl/α,β-unsaturated/α-hetero) is 1. The lowest BCUT2D eigenvalue weighted by Gasteiger charge is -2.50. The SMILES string of the molecule is CCC1C=C2C=CC3C(=CCC4(C)C(=O)CCC34)C2(C)CC1. The third kappa shape index (κ3) is 1.74. The summed E-state index contributed by atoms with van der Waals surface area (Å²) in [6.07, 6.45) is 16.5. The molecule has 5 unspecified atom stereocenters. The van der Waals surface area contributed by atoms with Crippen molar-refractivity contribution in [3.05, 3.63) is 35.5 Å². The molecular formula is C21H28O. The molecule has 0 aromatic heterocycles. The number of hydrogen-bond donors (Lipinski definition) is 0. The minimum absolute atomic E-state index is 0.0866. The second kappa shape index (κ2) is 4.69. The van der Waals surface area contributed by atoms with Gasteiger partial charge in [-0.1, -0.05) is 50.6 Å². The van der Waals surface area contributed by atoms with E-state index in [4.69, 9.17) is 0 Å². The molecule has 4 aliphatic carbocycles. The van der Waals surface area contributed by atoms with Gasteiger partial charge in [0.05, 0.1) is 0 Å². The van der Waals surface area contributed by atoms with E-state index >= 15 is 0 Å². The molecule has 0 heterocycles. The van der Waals surface area contributed by atoms with Crippen LogP contribution in [0.5, 0.6) is 0 Å². The summed E-state index contributed by atoms with van der Waals surface area (Å²) in [4.78, 5) is 12.4. The summed E-state index contributed by atoms with van der Waals surface area (Å²) in [6, 6.07) is 0. The highest BCUT2D eigenvalue weighted by Gasteiger charge is 2.54. The molecule has 4 rings (SSSR count). The highest BCUT2D eigenvalue weighted by Crippen LogP contribution is 2.60. The van der Waals surface area contributed by atoms with Crippen LogP contribution in [0.4, 0.5) is 0 Å². The fraction of sp³-hybridized carbons (Fsp3) is 0.667. The van der Waals surface area contributed by atoms with Crippen molar-refractivity contribution in [2.24, 2.45) is 28.6 Å². The largest absolute Gasteiger partial charge is 0.299 e. The standard InChI is InChI=1S/C21H28O/c1-4-14-9-11-20(2)15(13-14)5-6-16-17-7-8-19(22)21(17,3)12-10-18(16)20/h5-6,10,13-14,16-17H,4,7-9,11-12H2,1-3H3. The van der Waals surface area contributed by atoms with Crippen molar-refractivity contribution >= 4 is 5.78 Å². The van der Waals surface area contributed by atoms with Crippen molar-refractivity contribution in [3.63, 3.8) is 0 Å². The van der Waals surface area contributed by atoms with E-state index in [9.17, 15) is 4.79 Å². The average molecular weight is 296 g/mol. The molecule has 0 aromatic rings. The Bertz CT molecular complexity index is 607. The van der Waals surface area contributed by atoms with Crippen LogP contribution in [0.15, 0.2) is 35.5 Å². The molecule has 5 atom stereocenters. The second-order valence-electron chi connectivity index (χ2n) is 8.40. The van der Waals surface area contributed by atoms with Gasteiger partial charge in [0.2, 0.25) is 0 Å². The predicted octanol–water partition coefficient (Wildman–Crippen LogP) is 5.24. The van der Waals surface area contributed by atoms with E-state index in [1.807, 2.05) is 0 Å². The van der Waals surface area contributed by atoms with Crippen molar-refractivity contribution in [1.29, 1.82) is 0 Å². The van der Waals surface area contributed by atoms with E-state index in [-0.39, 0.29) is 10.8 Å². The first-order valence-corrected chi connectivity index (χ1v) is 9.13. The van der Waals surface area contributed by atoms with Crippen LogP contribution in [0.1, 0.15) is 59.3 Å². The molecule has 1 nitrogen and oxygen atoms in total. The van der Waals surface area contributed by atoms with Crippen LogP contribution in [0.2, 0.25) is 0 Å². The molecule has 0 N–H and O–H groups in total. The highest BCUT2D eigenvalue weighted by molar-refractivity contribution is 5.87. The van der Waals surface area contributed by atoms with Crippen molar-refractivity contribution in [3.8, 4) is 0 Å². The van der Waals surface area contributed by atoms with Gasteiger partial charge >= 0.3 is 0 Å². The number of hydrogen-bond acceptors (Lipinski definition) is 1. The van der Waals surface area contributed by atoms with Crippen LogP contribution in [-0.4, -0.2) is 5.78 Å². The zero-order valence-corrected chi connectivity index (χ0v) is 14.2. The van der Waals surface area contributed by atoms with Gasteiger partial charge in [-0.3, -0.25) is 4.79 Å². The van der Waals surface area contributed by atoms with Crippen LogP contribution < -0.4 is 0 Å². The molecule has 118 valence electrons. The summed E-state index contributed by atoms with van der Waals surface area (Å²) < 4.78 is 0. The lowest BCUT2D eigenvalue weighted by atomic mass is 9.53. The van der Waals surface area contributed by atoms with Crippen molar-refractivity contribution in [2.45, 2.75) is 59.3 Å². The number of ketones is 1. The van der Waals surface area contributed by atoms with E-state index in [2.05, 4.69) is 45.1 Å². The monoisotopic (exact) mass is 296 g/mol. The Hall–Kier alpha value is -1.11. The maximum absolute atomic E-state index is 12.4. The molecular weight excluding hydrogens is 268 g/mol. The van der Waals surface area contributed by atoms with Crippen molar-refractivity contribution in [2.75, 3.05) is 0 Å². The Morgan fingerprint density at radius 1 is 1.27 bits per heavy atom. The number of fused-ring (bicyclic) bond motifs is 5. The molecule has 4 aliphatic rings. The molecule has 22 heavy (non-hydrogen) atoms. The van der Waals surface area contributed by atoms with E-state index in [0.29, 0.717) is 17.6 Å². The third-order valence-electron chi connectivity index (χ3n) is 7.39. The normalized spacial score (nSPS) is 46.5. The Kier molecular flexibility index (Phi) is 3.09. The fourth-order valence-corrected chi connectivity index (χ4v) is 5.66. The van der Waals surface area contributed by atoms with Gasteiger partial charge in [0.25, 0.3) is 0 Å². The number of carbonyl (C=O) groups is 1. The Morgan fingerprint density at radius 3 is 2.86 bits per heavy atom. The van der Waals surface area contributed by atoms with E-state index in [1.165, 1.54) is 19.3 Å². The minimum Gasteiger partial charge on any atom is -0.299 e. The quantitative estimate of drug-likeness (QED) is 0.605. The first-order chi connectivity index (χ1) is 10.5. The first-order valence-electron chi connectivity index (χ1n) is 9.13. The molecule has 1 fully saturated rings. The molecule has 0 aliphatic heterocycles. The maximum Gasteiger partial charge on any atom is 0.139 e. The zero-order chi connectivity index (χ0) is 15.5. The van der Waals surface area contributed by atoms with Crippen LogP contribution in [0, 0.1) is 28.6 Å². The zero-order valence-electron chi connectivity index (χ0n) is 14.2. The highest BCUT2D eigenvalue weighted by atomic mass is 16.1. The van der Waals surface area contributed by atoms with Gasteiger partial charge < -0.3 is 0 Å². The summed E-state index contributed by atoms with van der Waals surface area (Å²) in [5.41, 5.74) is 3.32. The molecule has 0 spiro atoms. The molecule has 0 saturated heterocycles. The van der Waals surface area contributed by atoms with Gasteiger partial charge in [0.1, 0.15) is 5.78 Å². The smallest absolute Gasteiger partial charge is 0.139 e. The number of allylic oxidation sites excluding steroid dienone is 6. The average Bonchev–Trinajstić information content (AvgIpc) is 2.82. The number of carbonyl (C=O) groups excluding carboxylic acids is 1. The van der Waals surface area contributed by atoms with Gasteiger partial charge in [-0.2, -0.15) is 0 Å². The van der Waals surface area contributed by atoms with Crippen LogP contribution in [0.25, 0.3) is 0 Å². The molecule has 0 bridgehead atoms. The third-order valence-corrected chi connectivity index (χ3v) is 7.39. The fourth-order valence-electron chi connectivity index (χ4n) is 5.66. The lowest BCUT2D eigenvalue weighted by Crippen LogP contribution is -2.42. The van der Waals surface area contributed by atoms with Gasteiger partial charge in [0.15, 0.2) is 0 Å². The van der Waals surface area contributed by atoms with Gasteiger partial charge in [-0.05, 0) is 49.5 Å². The Morgan fingerprint density at radius 2 is 2.09 bits per heavy atom. The predicted molar refractivity (Wildman–Crippen MR) is 90.4 cm³/mol. The van der Waals surface area contributed by atoms with Gasteiger partial charge in [0, 0.05) is 23.2 Å². The summed E-state index contributed by atoms with van der Waals surface area (Å²) in [6.45, 7) is 6.97. The summed E-state index contributed by atoms with van der Waals surface area (Å²) in [5, 5.41) is 0. The Balaban J connectivity index is 1.78. The van der Waals surface area contributed by atoms with Gasteiger partial charge in [-0.15, -0.1) is 0 Å². The van der Waals surface area contributed by atoms with Crippen LogP contribution >= 0.6 is 0 Å². The topological polar surface area (TPSA) is 17.1 Å². The summed E-state index contributed by atoms with van der Waals surface area (Å²) in [7, 11) is 0. The van der Waals surface area contributed by atoms with E-state index in [1.54, 1.807) is 11.1 Å². The maximum atomic E-state index is 12.4. The number of rotatable bonds is 1. The van der Waals surface area contributed by atoms with E-state index in [0.717, 1.165) is 25.2 Å². The summed E-state index contributed by atoms with van der Waals surface area (Å²) in [5.74, 6) is 2.30. The first kappa shape index (κ1) is 14.5. The molecule has 0 amide bonds. The second-order valence-corrected chi connectivity index (χ2v) is 8.40. The molecule has 0 aromatic carbocycles. The van der Waals surface area contributed by atoms with Gasteiger partial charge in [-0.25, -0.2) is 0 Å². The summed E-state index contributed by atoms with van der Waals surface area (Å²) >= 11 is 0. The van der Waals surface area contributed by atoms with E-state index < -0.39 is 0 Å². The van der Waals surface area contributed by atoms with Crippen LogP contribution in [0.3, 0.4) is 0 Å². The van der Waals surface area contributed by atoms with Crippen LogP contribution in [-0.2, 0) is 4.79 Å². The van der Waals surface area contributed by atoms with Crippen molar-refractivity contribution < 1.29 is 4.79 Å². The molecule has 0 radical (unpaired) electrons. The Labute approximate surface area is 134 Å². The van der Waals surface area contributed by atoms with Crippen molar-refractivity contribution in [1.82, 2.24) is 0 Å². The minimum atomic E-state index is -0.0866.